The Balaban J connectivity index is 0.00000289. The van der Waals surface area contributed by atoms with Crippen LogP contribution in [0.15, 0.2) is 53.9 Å². The average molecular weight is 583 g/mol. The first kappa shape index (κ1) is 25.5. The number of hydrogen-bond acceptors (Lipinski definition) is 7. The maximum absolute atomic E-state index is 15.3. The molecule has 2 aromatic heterocycles. The third-order valence-electron chi connectivity index (χ3n) is 5.83. The van der Waals surface area contributed by atoms with Crippen molar-refractivity contribution < 1.29 is 18.0 Å². The van der Waals surface area contributed by atoms with Crippen molar-refractivity contribution in [3.05, 3.63) is 77.6 Å². The van der Waals surface area contributed by atoms with E-state index in [1.807, 2.05) is 4.90 Å². The summed E-state index contributed by atoms with van der Waals surface area (Å²) < 4.78 is 42.6. The predicted molar refractivity (Wildman–Crippen MR) is 134 cm³/mol. The fourth-order valence-corrected chi connectivity index (χ4v) is 6.33. The van der Waals surface area contributed by atoms with E-state index in [-0.39, 0.29) is 24.0 Å². The van der Waals surface area contributed by atoms with Crippen LogP contribution in [0.5, 0.6) is 0 Å². The van der Waals surface area contributed by atoms with Gasteiger partial charge in [-0.25, -0.2) is 4.39 Å². The van der Waals surface area contributed by atoms with Crippen molar-refractivity contribution in [2.24, 2.45) is 10.9 Å². The number of nitrogens with zero attached hydrogens (tertiary/aromatic N) is 5. The Kier molecular flexibility index (Phi) is 7.40. The van der Waals surface area contributed by atoms with Gasteiger partial charge >= 0.3 is 202 Å². The molecule has 35 heavy (non-hydrogen) atoms. The molecule has 1 amide bonds. The fourth-order valence-electron chi connectivity index (χ4n) is 4.26. The molecule has 0 aliphatic carbocycles. The number of halogens is 4. The maximum atomic E-state index is 15.3. The van der Waals surface area contributed by atoms with Crippen LogP contribution >= 0.6 is 24.2 Å². The van der Waals surface area contributed by atoms with Gasteiger partial charge in [0.05, 0.1) is 0 Å². The fraction of sp³-hybridized carbons (Fsp3) is 0.227. The van der Waals surface area contributed by atoms with E-state index in [2.05, 4.69) is 20.3 Å². The number of rotatable bonds is 4. The standard InChI is InChI=1S/C22H18AsF3N6OS.ClH/c23-20-31-22(11-32(9-12(22)10-34-20)21-28-7-14(25)8-29-21)16-5-15(2-3-17(16)26)30-19(33)18-4-1-13(24)6-27-18;/h1-8,12H,9-11,23H2,(H,30,33);1H/t12-,22?;/m0./s1. The van der Waals surface area contributed by atoms with Gasteiger partial charge in [-0.3, -0.25) is 0 Å². The molecule has 0 bridgehead atoms. The Hall–Kier alpha value is -2.62. The van der Waals surface area contributed by atoms with Crippen LogP contribution in [0.25, 0.3) is 0 Å². The number of amides is 1. The van der Waals surface area contributed by atoms with Crippen LogP contribution in [0.2, 0.25) is 0 Å². The summed E-state index contributed by atoms with van der Waals surface area (Å²) >= 11 is 2.98. The summed E-state index contributed by atoms with van der Waals surface area (Å²) in [6.45, 7) is 0.836. The SMILES string of the molecule is Cl.O=C(Nc1ccc(F)c(C23CN(c4ncc(F)cn4)C[C@H]2CSC([AsH2])=N3)c1)c1ccc(F)cn1. The third-order valence-corrected chi connectivity index (χ3v) is 8.11. The van der Waals surface area contributed by atoms with E-state index in [1.165, 1.54) is 35.1 Å². The van der Waals surface area contributed by atoms with E-state index in [0.29, 0.717) is 30.3 Å². The van der Waals surface area contributed by atoms with Crippen molar-refractivity contribution in [1.82, 2.24) is 15.0 Å². The van der Waals surface area contributed by atoms with E-state index in [1.54, 1.807) is 17.8 Å². The monoisotopic (exact) mass is 582 g/mol. The van der Waals surface area contributed by atoms with Gasteiger partial charge in [0.15, 0.2) is 0 Å². The zero-order valence-electron chi connectivity index (χ0n) is 18.0. The zero-order chi connectivity index (χ0) is 23.9. The molecule has 2 unspecified atom stereocenters. The summed E-state index contributed by atoms with van der Waals surface area (Å²) in [5.41, 5.74) is -0.154. The molecule has 3 aromatic rings. The molecule has 1 aromatic carbocycles. The number of carbonyl (C=O) groups is 1. The van der Waals surface area contributed by atoms with Gasteiger partial charge < -0.3 is 0 Å². The Labute approximate surface area is 218 Å². The summed E-state index contributed by atoms with van der Waals surface area (Å²) in [6.07, 6.45) is 3.16. The van der Waals surface area contributed by atoms with Gasteiger partial charge in [-0.2, -0.15) is 0 Å². The van der Waals surface area contributed by atoms with Crippen LogP contribution in [0.4, 0.5) is 24.8 Å². The molecule has 2 aliphatic heterocycles. The molecule has 0 radical (unpaired) electrons. The average Bonchev–Trinajstić information content (AvgIpc) is 3.20. The number of benzene rings is 1. The van der Waals surface area contributed by atoms with Gasteiger partial charge in [0.1, 0.15) is 0 Å². The number of fused-ring (bicyclic) bond motifs is 1. The molecule has 1 fully saturated rings. The van der Waals surface area contributed by atoms with E-state index < -0.39 is 28.9 Å². The van der Waals surface area contributed by atoms with E-state index in [4.69, 9.17) is 4.99 Å². The van der Waals surface area contributed by atoms with E-state index in [9.17, 15) is 13.6 Å². The Morgan fingerprint density at radius 2 is 1.83 bits per heavy atom. The van der Waals surface area contributed by atoms with Crippen LogP contribution < -0.4 is 10.2 Å². The summed E-state index contributed by atoms with van der Waals surface area (Å²) in [5.74, 6) is -1.04. The van der Waals surface area contributed by atoms with Gasteiger partial charge in [0.2, 0.25) is 0 Å². The Morgan fingerprint density at radius 1 is 1.09 bits per heavy atom. The third kappa shape index (κ3) is 5.03. The number of nitrogens with one attached hydrogen (secondary N) is 1. The molecule has 2 aliphatic rings. The topological polar surface area (TPSA) is 83.4 Å². The molecule has 3 atom stereocenters. The Morgan fingerprint density at radius 3 is 2.54 bits per heavy atom. The summed E-state index contributed by atoms with van der Waals surface area (Å²) in [4.78, 5) is 31.3. The van der Waals surface area contributed by atoms with Crippen LogP contribution in [0.1, 0.15) is 16.1 Å². The van der Waals surface area contributed by atoms with Crippen molar-refractivity contribution in [3.63, 3.8) is 0 Å². The van der Waals surface area contributed by atoms with Crippen molar-refractivity contribution in [1.29, 1.82) is 0 Å². The molecule has 0 spiro atoms. The van der Waals surface area contributed by atoms with Gasteiger partial charge in [-0.1, -0.05) is 0 Å². The summed E-state index contributed by atoms with van der Waals surface area (Å²) in [5, 5.41) is 2.70. The second kappa shape index (κ2) is 10.2. The summed E-state index contributed by atoms with van der Waals surface area (Å²) in [7, 11) is 0. The van der Waals surface area contributed by atoms with Gasteiger partial charge in [-0.05, 0) is 0 Å². The van der Waals surface area contributed by atoms with Crippen LogP contribution in [-0.4, -0.2) is 60.4 Å². The van der Waals surface area contributed by atoms with Gasteiger partial charge in [0, 0.05) is 0 Å². The molecule has 1 N–H and O–H groups in total. The molecule has 0 saturated carbocycles. The van der Waals surface area contributed by atoms with Gasteiger partial charge in [0.25, 0.3) is 0 Å². The quantitative estimate of drug-likeness (QED) is 0.477. The number of carbonyl (C=O) groups excluding carboxylic acids is 1. The molecule has 13 heteroatoms. The molecule has 1 saturated heterocycles. The number of hydrogen-bond donors (Lipinski definition) is 1. The first-order valence-electron chi connectivity index (χ1n) is 10.3. The number of aliphatic imine (C=N–C) groups is 1. The predicted octanol–water partition coefficient (Wildman–Crippen LogP) is 3.03. The zero-order valence-corrected chi connectivity index (χ0v) is 22.0. The number of aromatic nitrogens is 3. The van der Waals surface area contributed by atoms with Gasteiger partial charge in [-0.15, -0.1) is 12.4 Å². The number of anilines is 2. The van der Waals surface area contributed by atoms with Crippen molar-refractivity contribution in [2.45, 2.75) is 5.54 Å². The van der Waals surface area contributed by atoms with Crippen molar-refractivity contribution in [2.75, 3.05) is 29.1 Å². The van der Waals surface area contributed by atoms with Crippen molar-refractivity contribution >= 4 is 62.4 Å². The minimum atomic E-state index is -0.909. The van der Waals surface area contributed by atoms with E-state index >= 15 is 4.39 Å². The first-order valence-corrected chi connectivity index (χ1v) is 12.5. The molecule has 4 heterocycles. The minimum absolute atomic E-state index is 0. The second-order valence-electron chi connectivity index (χ2n) is 7.97. The molecule has 7 nitrogen and oxygen atoms in total. The molecular weight excluding hydrogens is 564 g/mol. The number of thioether (sulfide) groups is 1. The van der Waals surface area contributed by atoms with E-state index in [0.717, 1.165) is 34.2 Å². The molecule has 5 rings (SSSR count). The molecular formula is C22H19AsClF3N6OS. The summed E-state index contributed by atoms with van der Waals surface area (Å²) in [6, 6.07) is 6.75. The first-order chi connectivity index (χ1) is 16.3. The van der Waals surface area contributed by atoms with Crippen LogP contribution in [0, 0.1) is 23.4 Å². The number of pyridine rings is 1. The second-order valence-corrected chi connectivity index (χ2v) is 11.0. The normalized spacial score (nSPS) is 21.1. The molecule has 182 valence electrons. The van der Waals surface area contributed by atoms with Crippen molar-refractivity contribution in [3.8, 4) is 0 Å². The van der Waals surface area contributed by atoms with Crippen LogP contribution in [0.3, 0.4) is 0 Å². The Bertz CT molecular complexity index is 1280. The van der Waals surface area contributed by atoms with Crippen LogP contribution in [-0.2, 0) is 5.54 Å².